The molecule has 3 rings (SSSR count). The second-order valence-corrected chi connectivity index (χ2v) is 5.10. The van der Waals surface area contributed by atoms with Crippen molar-refractivity contribution in [2.24, 2.45) is 0 Å². The summed E-state index contributed by atoms with van der Waals surface area (Å²) in [7, 11) is 0. The zero-order valence-corrected chi connectivity index (χ0v) is 12.9. The largest absolute Gasteiger partial charge is 0.448 e. The van der Waals surface area contributed by atoms with Crippen molar-refractivity contribution >= 4 is 5.91 Å². The average Bonchev–Trinajstić information content (AvgIpc) is 3.26. The molecule has 118 valence electrons. The fourth-order valence-electron chi connectivity index (χ4n) is 2.31. The maximum absolute atomic E-state index is 12.3. The Labute approximate surface area is 133 Å². The van der Waals surface area contributed by atoms with Gasteiger partial charge in [-0.05, 0) is 24.6 Å². The molecular formula is C16H17N5O2. The molecule has 3 aromatic rings. The first-order valence-electron chi connectivity index (χ1n) is 7.37. The van der Waals surface area contributed by atoms with Gasteiger partial charge in [0.25, 0.3) is 5.91 Å². The number of nitrogens with zero attached hydrogens (tertiary/aromatic N) is 4. The summed E-state index contributed by atoms with van der Waals surface area (Å²) in [5.74, 6) is 0.361. The van der Waals surface area contributed by atoms with Gasteiger partial charge < -0.3 is 9.73 Å². The number of benzene rings is 1. The van der Waals surface area contributed by atoms with Crippen LogP contribution < -0.4 is 5.32 Å². The molecule has 0 spiro atoms. The number of carbonyl (C=O) groups is 1. The predicted octanol–water partition coefficient (Wildman–Crippen LogP) is 2.31. The van der Waals surface area contributed by atoms with Gasteiger partial charge in [-0.15, -0.1) is 0 Å². The maximum atomic E-state index is 12.3. The maximum Gasteiger partial charge on any atom is 0.274 e. The lowest BCUT2D eigenvalue weighted by Crippen LogP contribution is -2.27. The van der Waals surface area contributed by atoms with Gasteiger partial charge in [-0.2, -0.15) is 5.10 Å². The normalized spacial score (nSPS) is 12.1. The van der Waals surface area contributed by atoms with Crippen molar-refractivity contribution in [1.82, 2.24) is 25.1 Å². The van der Waals surface area contributed by atoms with Gasteiger partial charge >= 0.3 is 0 Å². The summed E-state index contributed by atoms with van der Waals surface area (Å²) >= 11 is 0. The number of amides is 1. The van der Waals surface area contributed by atoms with E-state index in [1.54, 1.807) is 11.0 Å². The van der Waals surface area contributed by atoms with Crippen LogP contribution >= 0.6 is 0 Å². The predicted molar refractivity (Wildman–Crippen MR) is 83.1 cm³/mol. The van der Waals surface area contributed by atoms with Gasteiger partial charge in [0, 0.05) is 6.42 Å². The zero-order valence-electron chi connectivity index (χ0n) is 12.9. The molecule has 0 aliphatic rings. The molecule has 0 fully saturated rings. The van der Waals surface area contributed by atoms with Crippen LogP contribution in [0.3, 0.4) is 0 Å². The molecule has 1 N–H and O–H groups in total. The van der Waals surface area contributed by atoms with Crippen LogP contribution in [0.15, 0.2) is 47.7 Å². The van der Waals surface area contributed by atoms with Crippen LogP contribution in [0.25, 0.3) is 5.69 Å². The highest BCUT2D eigenvalue weighted by molar-refractivity contribution is 5.93. The van der Waals surface area contributed by atoms with E-state index in [0.717, 1.165) is 11.3 Å². The SMILES string of the molecule is CCc1ocnc1C(=O)N[C@@H](C)c1ccc(-n2cncn2)cc1. The third-order valence-electron chi connectivity index (χ3n) is 3.60. The van der Waals surface area contributed by atoms with Gasteiger partial charge in [-0.3, -0.25) is 4.79 Å². The van der Waals surface area contributed by atoms with Gasteiger partial charge in [0.15, 0.2) is 12.1 Å². The second-order valence-electron chi connectivity index (χ2n) is 5.10. The minimum Gasteiger partial charge on any atom is -0.448 e. The molecule has 0 aliphatic heterocycles. The minimum absolute atomic E-state index is 0.145. The molecule has 0 bridgehead atoms. The Kier molecular flexibility index (Phi) is 4.18. The summed E-state index contributed by atoms with van der Waals surface area (Å²) in [6.45, 7) is 3.84. The smallest absolute Gasteiger partial charge is 0.274 e. The second kappa shape index (κ2) is 6.43. The number of aromatic nitrogens is 4. The molecule has 2 heterocycles. The molecule has 1 aromatic carbocycles. The summed E-state index contributed by atoms with van der Waals surface area (Å²) in [5.41, 5.74) is 2.25. The van der Waals surface area contributed by atoms with Crippen molar-refractivity contribution in [2.45, 2.75) is 26.3 Å². The van der Waals surface area contributed by atoms with Crippen molar-refractivity contribution in [3.63, 3.8) is 0 Å². The Morgan fingerprint density at radius 2 is 2.13 bits per heavy atom. The fraction of sp³-hybridized carbons (Fsp3) is 0.250. The van der Waals surface area contributed by atoms with Crippen molar-refractivity contribution in [2.75, 3.05) is 0 Å². The zero-order chi connectivity index (χ0) is 16.2. The van der Waals surface area contributed by atoms with E-state index in [1.165, 1.54) is 12.7 Å². The van der Waals surface area contributed by atoms with Crippen LogP contribution in [0.2, 0.25) is 0 Å². The molecule has 2 aromatic heterocycles. The Balaban J connectivity index is 1.71. The summed E-state index contributed by atoms with van der Waals surface area (Å²) < 4.78 is 6.87. The lowest BCUT2D eigenvalue weighted by Gasteiger charge is -2.14. The molecular weight excluding hydrogens is 294 g/mol. The highest BCUT2D eigenvalue weighted by Gasteiger charge is 2.18. The number of aryl methyl sites for hydroxylation is 1. The standard InChI is InChI=1S/C16H17N5O2/c1-3-14-15(18-10-23-14)16(22)20-11(2)12-4-6-13(7-5-12)21-9-17-8-19-21/h4-11H,3H2,1-2H3,(H,20,22)/t11-/m0/s1. The van der Waals surface area contributed by atoms with E-state index in [2.05, 4.69) is 20.4 Å². The number of rotatable bonds is 5. The van der Waals surface area contributed by atoms with E-state index in [-0.39, 0.29) is 11.9 Å². The van der Waals surface area contributed by atoms with Crippen LogP contribution in [-0.2, 0) is 6.42 Å². The molecule has 0 saturated carbocycles. The summed E-state index contributed by atoms with van der Waals surface area (Å²) in [6, 6.07) is 7.62. The summed E-state index contributed by atoms with van der Waals surface area (Å²) in [5, 5.41) is 7.01. The third kappa shape index (κ3) is 3.13. The fourth-order valence-corrected chi connectivity index (χ4v) is 2.31. The molecule has 1 amide bonds. The minimum atomic E-state index is -0.233. The van der Waals surface area contributed by atoms with Crippen LogP contribution in [0.5, 0.6) is 0 Å². The number of oxazole rings is 1. The number of nitrogens with one attached hydrogen (secondary N) is 1. The Hall–Kier alpha value is -2.96. The van der Waals surface area contributed by atoms with E-state index in [1.807, 2.05) is 38.1 Å². The molecule has 0 saturated heterocycles. The van der Waals surface area contributed by atoms with Crippen molar-refractivity contribution in [3.05, 3.63) is 60.3 Å². The molecule has 0 aliphatic carbocycles. The van der Waals surface area contributed by atoms with Crippen LogP contribution in [-0.4, -0.2) is 25.7 Å². The topological polar surface area (TPSA) is 85.8 Å². The molecule has 0 radical (unpaired) electrons. The highest BCUT2D eigenvalue weighted by atomic mass is 16.3. The molecule has 7 heteroatoms. The van der Waals surface area contributed by atoms with Gasteiger partial charge in [0.1, 0.15) is 18.4 Å². The van der Waals surface area contributed by atoms with Gasteiger partial charge in [0.2, 0.25) is 0 Å². The first-order chi connectivity index (χ1) is 11.2. The van der Waals surface area contributed by atoms with E-state index in [4.69, 9.17) is 4.42 Å². The van der Waals surface area contributed by atoms with Gasteiger partial charge in [-0.25, -0.2) is 14.6 Å². The van der Waals surface area contributed by atoms with Crippen LogP contribution in [0.4, 0.5) is 0 Å². The van der Waals surface area contributed by atoms with Crippen molar-refractivity contribution in [1.29, 1.82) is 0 Å². The molecule has 7 nitrogen and oxygen atoms in total. The third-order valence-corrected chi connectivity index (χ3v) is 3.60. The molecule has 23 heavy (non-hydrogen) atoms. The number of hydrogen-bond donors (Lipinski definition) is 1. The summed E-state index contributed by atoms with van der Waals surface area (Å²) in [4.78, 5) is 20.2. The Bertz CT molecular complexity index is 777. The van der Waals surface area contributed by atoms with E-state index >= 15 is 0 Å². The van der Waals surface area contributed by atoms with Crippen molar-refractivity contribution in [3.8, 4) is 5.69 Å². The Morgan fingerprint density at radius 1 is 1.35 bits per heavy atom. The van der Waals surface area contributed by atoms with Crippen LogP contribution in [0, 0.1) is 0 Å². The van der Waals surface area contributed by atoms with Crippen molar-refractivity contribution < 1.29 is 9.21 Å². The molecule has 0 unspecified atom stereocenters. The first kappa shape index (κ1) is 15.0. The van der Waals surface area contributed by atoms with Gasteiger partial charge in [0.05, 0.1) is 11.7 Å². The quantitative estimate of drug-likeness (QED) is 0.781. The molecule has 1 atom stereocenters. The Morgan fingerprint density at radius 3 is 2.78 bits per heavy atom. The number of carbonyl (C=O) groups excluding carboxylic acids is 1. The average molecular weight is 311 g/mol. The van der Waals surface area contributed by atoms with E-state index in [0.29, 0.717) is 17.9 Å². The number of hydrogen-bond acceptors (Lipinski definition) is 5. The lowest BCUT2D eigenvalue weighted by atomic mass is 10.1. The monoisotopic (exact) mass is 311 g/mol. The van der Waals surface area contributed by atoms with E-state index < -0.39 is 0 Å². The summed E-state index contributed by atoms with van der Waals surface area (Å²) in [6.07, 6.45) is 5.05. The first-order valence-corrected chi connectivity index (χ1v) is 7.37. The van der Waals surface area contributed by atoms with Crippen LogP contribution in [0.1, 0.15) is 41.7 Å². The van der Waals surface area contributed by atoms with E-state index in [9.17, 15) is 4.79 Å². The lowest BCUT2D eigenvalue weighted by molar-refractivity contribution is 0.0933. The van der Waals surface area contributed by atoms with Gasteiger partial charge in [-0.1, -0.05) is 19.1 Å². The highest BCUT2D eigenvalue weighted by Crippen LogP contribution is 2.16.